The fraction of sp³-hybridized carbons (Fsp3) is 0.444. The molecule has 3 nitrogen and oxygen atoms in total. The minimum absolute atomic E-state index is 0. The molecule has 0 atom stereocenters. The zero-order valence-electron chi connectivity index (χ0n) is 15.1. The van der Waals surface area contributed by atoms with Crippen LogP contribution in [0, 0.1) is 0 Å². The van der Waals surface area contributed by atoms with Crippen LogP contribution in [0.4, 0.5) is 0 Å². The van der Waals surface area contributed by atoms with E-state index >= 15 is 0 Å². The van der Waals surface area contributed by atoms with Gasteiger partial charge in [-0.15, -0.1) is 0 Å². The molecule has 0 heterocycles. The van der Waals surface area contributed by atoms with E-state index in [9.17, 15) is 13.0 Å². The molecule has 2 rings (SSSR count). The summed E-state index contributed by atoms with van der Waals surface area (Å²) < 4.78 is 33.6. The predicted octanol–water partition coefficient (Wildman–Crippen LogP) is 1.69. The summed E-state index contributed by atoms with van der Waals surface area (Å²) in [5.41, 5.74) is 1.37. The first kappa shape index (κ1) is 20.7. The van der Waals surface area contributed by atoms with E-state index in [1.807, 2.05) is 39.0 Å². The normalized spacial score (nSPS) is 13.0. The van der Waals surface area contributed by atoms with Crippen LogP contribution >= 0.6 is 0 Å². The third-order valence-corrected chi connectivity index (χ3v) is 4.86. The quantitative estimate of drug-likeness (QED) is 0.633. The van der Waals surface area contributed by atoms with Gasteiger partial charge in [0.15, 0.2) is 0 Å². The third kappa shape index (κ3) is 4.37. The van der Waals surface area contributed by atoms with Crippen LogP contribution in [0.15, 0.2) is 35.2 Å². The molecule has 2 aromatic rings. The summed E-state index contributed by atoms with van der Waals surface area (Å²) in [7, 11) is -4.29. The fourth-order valence-electron chi connectivity index (χ4n) is 2.64. The Morgan fingerprint density at radius 3 is 1.87 bits per heavy atom. The van der Waals surface area contributed by atoms with Crippen molar-refractivity contribution in [2.75, 3.05) is 0 Å². The number of rotatable bonds is 1. The van der Waals surface area contributed by atoms with Gasteiger partial charge in [0.05, 0.1) is 0 Å². The maximum atomic E-state index is 12.0. The molecule has 0 fully saturated rings. The van der Waals surface area contributed by atoms with Gasteiger partial charge in [0.25, 0.3) is 10.1 Å². The van der Waals surface area contributed by atoms with Crippen LogP contribution < -0.4 is 29.6 Å². The van der Waals surface area contributed by atoms with Gasteiger partial charge < -0.3 is 0 Å². The summed E-state index contributed by atoms with van der Waals surface area (Å²) in [6.45, 7) is 12.1. The molecular weight excluding hydrogens is 319 g/mol. The van der Waals surface area contributed by atoms with Gasteiger partial charge in [-0.1, -0.05) is 71.9 Å². The SMILES string of the molecule is CC(C)(C)c1ccc2c(S(=O)(=O)O)c(C(C)(C)C)ccc2c1.[Na+]. The molecule has 0 unspecified atom stereocenters. The monoisotopic (exact) mass is 343 g/mol. The van der Waals surface area contributed by atoms with Crippen LogP contribution in [0.2, 0.25) is 0 Å². The maximum Gasteiger partial charge on any atom is 1.00 e. The summed E-state index contributed by atoms with van der Waals surface area (Å²) in [6, 6.07) is 9.46. The zero-order chi connectivity index (χ0) is 16.9. The average molecular weight is 343 g/mol. The first-order chi connectivity index (χ1) is 9.82. The van der Waals surface area contributed by atoms with E-state index in [0.717, 1.165) is 10.9 Å². The minimum Gasteiger partial charge on any atom is -0.282 e. The summed E-state index contributed by atoms with van der Waals surface area (Å²) in [4.78, 5) is 0.0259. The van der Waals surface area contributed by atoms with E-state index in [2.05, 4.69) is 20.8 Å². The van der Waals surface area contributed by atoms with E-state index in [1.165, 1.54) is 0 Å². The second-order valence-corrected chi connectivity index (χ2v) is 9.21. The molecule has 1 N–H and O–H groups in total. The molecule has 0 aromatic heterocycles. The molecule has 5 heteroatoms. The van der Waals surface area contributed by atoms with Crippen LogP contribution in [-0.2, 0) is 20.9 Å². The first-order valence-electron chi connectivity index (χ1n) is 7.37. The number of hydrogen-bond donors (Lipinski definition) is 1. The van der Waals surface area contributed by atoms with Crippen LogP contribution in [0.1, 0.15) is 52.7 Å². The Balaban J connectivity index is 0.00000264. The van der Waals surface area contributed by atoms with Crippen molar-refractivity contribution in [2.45, 2.75) is 57.3 Å². The average Bonchev–Trinajstić information content (AvgIpc) is 2.33. The number of benzene rings is 2. The summed E-state index contributed by atoms with van der Waals surface area (Å²) in [5, 5.41) is 1.40. The van der Waals surface area contributed by atoms with E-state index in [0.29, 0.717) is 10.9 Å². The first-order valence-corrected chi connectivity index (χ1v) is 8.81. The molecule has 0 amide bonds. The van der Waals surface area contributed by atoms with Gasteiger partial charge in [0, 0.05) is 5.39 Å². The van der Waals surface area contributed by atoms with E-state index < -0.39 is 10.1 Å². The molecule has 0 spiro atoms. The molecule has 0 aliphatic heterocycles. The zero-order valence-corrected chi connectivity index (χ0v) is 17.9. The number of hydrogen-bond acceptors (Lipinski definition) is 2. The standard InChI is InChI=1S/C18H24O3S.Na/c1-17(2,3)13-8-9-14-12(11-13)7-10-15(18(4,5)6)16(14)22(19,20)21;/h7-11H,1-6H3,(H,19,20,21);/q;+1. The largest absolute Gasteiger partial charge is 1.00 e. The molecule has 2 aromatic carbocycles. The van der Waals surface area contributed by atoms with Crippen molar-refractivity contribution >= 4 is 20.9 Å². The molecule has 0 aliphatic rings. The van der Waals surface area contributed by atoms with Crippen molar-refractivity contribution in [3.63, 3.8) is 0 Å². The van der Waals surface area contributed by atoms with Crippen LogP contribution in [0.25, 0.3) is 10.8 Å². The summed E-state index contributed by atoms with van der Waals surface area (Å²) >= 11 is 0. The van der Waals surface area contributed by atoms with Crippen molar-refractivity contribution in [3.05, 3.63) is 41.5 Å². The Kier molecular flexibility index (Phi) is 5.83. The summed E-state index contributed by atoms with van der Waals surface area (Å²) in [6.07, 6.45) is 0. The Labute approximate surface area is 161 Å². The van der Waals surface area contributed by atoms with Gasteiger partial charge in [0.1, 0.15) is 4.90 Å². The van der Waals surface area contributed by atoms with E-state index in [1.54, 1.807) is 12.1 Å². The van der Waals surface area contributed by atoms with Crippen LogP contribution in [0.5, 0.6) is 0 Å². The molecule has 120 valence electrons. The Morgan fingerprint density at radius 2 is 1.43 bits per heavy atom. The topological polar surface area (TPSA) is 54.4 Å². The second-order valence-electron chi connectivity index (χ2n) is 7.85. The van der Waals surface area contributed by atoms with Crippen LogP contribution in [0.3, 0.4) is 0 Å². The van der Waals surface area contributed by atoms with Gasteiger partial charge in [-0.3, -0.25) is 4.55 Å². The van der Waals surface area contributed by atoms with Gasteiger partial charge in [-0.05, 0) is 27.3 Å². The Hall–Kier alpha value is -0.390. The van der Waals surface area contributed by atoms with Crippen molar-refractivity contribution in [1.82, 2.24) is 0 Å². The van der Waals surface area contributed by atoms with E-state index in [-0.39, 0.29) is 45.3 Å². The second kappa shape index (κ2) is 6.49. The molecule has 0 bridgehead atoms. The molecular formula is C18H24NaO3S+. The van der Waals surface area contributed by atoms with Crippen molar-refractivity contribution in [3.8, 4) is 0 Å². The van der Waals surface area contributed by atoms with Gasteiger partial charge in [0.2, 0.25) is 0 Å². The minimum atomic E-state index is -4.29. The third-order valence-electron chi connectivity index (χ3n) is 3.90. The van der Waals surface area contributed by atoms with Crippen LogP contribution in [-0.4, -0.2) is 13.0 Å². The maximum absolute atomic E-state index is 12.0. The molecule has 0 saturated heterocycles. The van der Waals surface area contributed by atoms with Gasteiger partial charge in [-0.2, -0.15) is 8.42 Å². The van der Waals surface area contributed by atoms with Gasteiger partial charge in [-0.25, -0.2) is 0 Å². The molecule has 0 aliphatic carbocycles. The smallest absolute Gasteiger partial charge is 0.282 e. The van der Waals surface area contributed by atoms with Crippen molar-refractivity contribution in [1.29, 1.82) is 0 Å². The predicted molar refractivity (Wildman–Crippen MR) is 91.2 cm³/mol. The summed E-state index contributed by atoms with van der Waals surface area (Å²) in [5.74, 6) is 0. The van der Waals surface area contributed by atoms with E-state index in [4.69, 9.17) is 0 Å². The number of fused-ring (bicyclic) bond motifs is 1. The van der Waals surface area contributed by atoms with Crippen molar-refractivity contribution in [2.24, 2.45) is 0 Å². The fourth-order valence-corrected chi connectivity index (χ4v) is 3.75. The Bertz CT molecular complexity index is 826. The molecule has 0 saturated carbocycles. The Morgan fingerprint density at radius 1 is 0.870 bits per heavy atom. The van der Waals surface area contributed by atoms with Gasteiger partial charge >= 0.3 is 29.6 Å². The van der Waals surface area contributed by atoms with Crippen molar-refractivity contribution < 1.29 is 42.5 Å². The molecule has 0 radical (unpaired) electrons. The molecule has 23 heavy (non-hydrogen) atoms.